The highest BCUT2D eigenvalue weighted by atomic mass is 16.6. The van der Waals surface area contributed by atoms with E-state index < -0.39 is 11.9 Å². The zero-order valence-electron chi connectivity index (χ0n) is 18.2. The Morgan fingerprint density at radius 2 is 1.37 bits per heavy atom. The van der Waals surface area contributed by atoms with E-state index in [4.69, 9.17) is 19.8 Å². The normalized spacial score (nSPS) is 10.4. The molecule has 8 nitrogen and oxygen atoms in total. The number of rotatable bonds is 14. The quantitative estimate of drug-likeness (QED) is 0.191. The van der Waals surface area contributed by atoms with Crippen molar-refractivity contribution in [2.75, 3.05) is 19.6 Å². The second-order valence-electron chi connectivity index (χ2n) is 7.19. The van der Waals surface area contributed by atoms with E-state index in [1.807, 2.05) is 12.1 Å². The minimum atomic E-state index is -1.82. The molecule has 170 valence electrons. The lowest BCUT2D eigenvalue weighted by Crippen LogP contribution is -2.25. The van der Waals surface area contributed by atoms with E-state index in [2.05, 4.69) is 18.7 Å². The van der Waals surface area contributed by atoms with Gasteiger partial charge < -0.3 is 15.1 Å². The highest BCUT2D eigenvalue weighted by Crippen LogP contribution is 2.14. The van der Waals surface area contributed by atoms with E-state index in [-0.39, 0.29) is 10.6 Å². The highest BCUT2D eigenvalue weighted by Gasteiger charge is 2.05. The molecule has 0 aliphatic rings. The van der Waals surface area contributed by atoms with E-state index in [0.29, 0.717) is 0 Å². The Morgan fingerprint density at radius 3 is 1.83 bits per heavy atom. The Hall–Kier alpha value is -2.48. The summed E-state index contributed by atoms with van der Waals surface area (Å²) in [7, 11) is 0. The van der Waals surface area contributed by atoms with Crippen LogP contribution in [0.15, 0.2) is 24.3 Å². The van der Waals surface area contributed by atoms with Crippen LogP contribution >= 0.6 is 0 Å². The van der Waals surface area contributed by atoms with Gasteiger partial charge in [-0.25, -0.2) is 9.59 Å². The smallest absolute Gasteiger partial charge is 0.414 e. The number of carbonyl (C=O) groups is 2. The van der Waals surface area contributed by atoms with Gasteiger partial charge in [0.2, 0.25) is 0 Å². The fraction of sp³-hybridized carbons (Fsp3) is 0.636. The second kappa shape index (κ2) is 17.4. The van der Waals surface area contributed by atoms with Crippen LogP contribution < -0.4 is 0 Å². The van der Waals surface area contributed by atoms with Crippen molar-refractivity contribution in [3.05, 3.63) is 39.9 Å². The molecule has 0 amide bonds. The summed E-state index contributed by atoms with van der Waals surface area (Å²) in [5.74, 6) is -3.65. The molecule has 0 spiro atoms. The fourth-order valence-corrected chi connectivity index (χ4v) is 2.99. The first-order valence-electron chi connectivity index (χ1n) is 10.7. The number of carboxylic acids is 2. The third-order valence-electron chi connectivity index (χ3n) is 4.80. The van der Waals surface area contributed by atoms with Crippen molar-refractivity contribution in [3.63, 3.8) is 0 Å². The van der Waals surface area contributed by atoms with Gasteiger partial charge in [-0.15, -0.1) is 0 Å². The molecular weight excluding hydrogens is 388 g/mol. The van der Waals surface area contributed by atoms with Crippen molar-refractivity contribution >= 4 is 17.6 Å². The molecule has 2 N–H and O–H groups in total. The van der Waals surface area contributed by atoms with E-state index in [1.54, 1.807) is 12.1 Å². The average Bonchev–Trinajstić information content (AvgIpc) is 2.72. The van der Waals surface area contributed by atoms with Gasteiger partial charge in [-0.2, -0.15) is 0 Å². The number of nitro benzene ring substituents is 1. The molecular formula is C22H36N2O6. The summed E-state index contributed by atoms with van der Waals surface area (Å²) in [6, 6.07) is 6.97. The number of hydrogen-bond donors (Lipinski definition) is 2. The zero-order chi connectivity index (χ0) is 22.8. The van der Waals surface area contributed by atoms with E-state index >= 15 is 0 Å². The number of hydrogen-bond acceptors (Lipinski definition) is 5. The van der Waals surface area contributed by atoms with Crippen molar-refractivity contribution in [3.8, 4) is 0 Å². The first kappa shape index (κ1) is 27.5. The van der Waals surface area contributed by atoms with Gasteiger partial charge in [0, 0.05) is 12.1 Å². The van der Waals surface area contributed by atoms with Crippen LogP contribution in [0.3, 0.4) is 0 Å². The lowest BCUT2D eigenvalue weighted by molar-refractivity contribution is -0.384. The zero-order valence-corrected chi connectivity index (χ0v) is 18.2. The predicted molar refractivity (Wildman–Crippen MR) is 117 cm³/mol. The van der Waals surface area contributed by atoms with Crippen molar-refractivity contribution in [1.29, 1.82) is 0 Å². The average molecular weight is 425 g/mol. The minimum absolute atomic E-state index is 0.176. The number of nitro groups is 1. The molecule has 1 aromatic carbocycles. The molecule has 0 atom stereocenters. The van der Waals surface area contributed by atoms with Crippen LogP contribution in [0.25, 0.3) is 0 Å². The first-order chi connectivity index (χ1) is 14.3. The summed E-state index contributed by atoms with van der Waals surface area (Å²) in [4.78, 5) is 31.0. The van der Waals surface area contributed by atoms with Gasteiger partial charge in [0.1, 0.15) is 0 Å². The maximum absolute atomic E-state index is 10.6. The number of benzene rings is 1. The van der Waals surface area contributed by atoms with Gasteiger partial charge in [0.25, 0.3) is 5.69 Å². The second-order valence-corrected chi connectivity index (χ2v) is 7.19. The van der Waals surface area contributed by atoms with E-state index in [1.165, 1.54) is 63.6 Å². The van der Waals surface area contributed by atoms with Gasteiger partial charge in [0.05, 0.1) is 4.92 Å². The van der Waals surface area contributed by atoms with Crippen LogP contribution in [0, 0.1) is 10.1 Å². The standard InChI is InChI=1S/C20H34N2O2.C2H2O4/c1-3-5-6-7-8-10-17-21(4-2)18-11-9-12-19-13-15-20(16-14-19)22(23)24;3-1(4)2(5)6/h13-16H,3-12,17-18H2,1-2H3;(H,3,4)(H,5,6). The molecule has 0 heterocycles. The minimum Gasteiger partial charge on any atom is -0.473 e. The van der Waals surface area contributed by atoms with Gasteiger partial charge in [-0.3, -0.25) is 10.1 Å². The van der Waals surface area contributed by atoms with Gasteiger partial charge in [-0.05, 0) is 50.9 Å². The Kier molecular flexibility index (Phi) is 15.9. The Morgan fingerprint density at radius 1 is 0.867 bits per heavy atom. The van der Waals surface area contributed by atoms with Gasteiger partial charge in [-0.1, -0.05) is 58.1 Å². The summed E-state index contributed by atoms with van der Waals surface area (Å²) >= 11 is 0. The third-order valence-corrected chi connectivity index (χ3v) is 4.80. The topological polar surface area (TPSA) is 121 Å². The molecule has 0 radical (unpaired) electrons. The summed E-state index contributed by atoms with van der Waals surface area (Å²) in [6.07, 6.45) is 11.5. The number of aliphatic carboxylic acids is 2. The van der Waals surface area contributed by atoms with Crippen LogP contribution in [-0.2, 0) is 16.0 Å². The molecule has 0 aromatic heterocycles. The van der Waals surface area contributed by atoms with Gasteiger partial charge in [0.15, 0.2) is 0 Å². The molecule has 0 aliphatic heterocycles. The molecule has 1 rings (SSSR count). The lowest BCUT2D eigenvalue weighted by Gasteiger charge is -2.20. The predicted octanol–water partition coefficient (Wildman–Crippen LogP) is 4.76. The molecule has 0 aliphatic carbocycles. The van der Waals surface area contributed by atoms with E-state index in [0.717, 1.165) is 19.4 Å². The third kappa shape index (κ3) is 14.5. The molecule has 8 heteroatoms. The largest absolute Gasteiger partial charge is 0.473 e. The Bertz CT molecular complexity index is 607. The number of non-ortho nitro benzene ring substituents is 1. The molecule has 30 heavy (non-hydrogen) atoms. The number of unbranched alkanes of at least 4 members (excludes halogenated alkanes) is 6. The molecule has 0 saturated heterocycles. The van der Waals surface area contributed by atoms with Crippen molar-refractivity contribution in [2.45, 2.75) is 71.6 Å². The maximum atomic E-state index is 10.6. The number of aryl methyl sites for hydroxylation is 1. The summed E-state index contributed by atoms with van der Waals surface area (Å²) in [5, 5.41) is 25.4. The van der Waals surface area contributed by atoms with Crippen molar-refractivity contribution < 1.29 is 24.7 Å². The van der Waals surface area contributed by atoms with Gasteiger partial charge >= 0.3 is 11.9 Å². The van der Waals surface area contributed by atoms with Crippen LogP contribution in [-0.4, -0.2) is 51.6 Å². The van der Waals surface area contributed by atoms with Crippen molar-refractivity contribution in [2.24, 2.45) is 0 Å². The van der Waals surface area contributed by atoms with Crippen LogP contribution in [0.1, 0.15) is 70.8 Å². The molecule has 0 fully saturated rings. The van der Waals surface area contributed by atoms with Crippen LogP contribution in [0.4, 0.5) is 5.69 Å². The summed E-state index contributed by atoms with van der Waals surface area (Å²) in [5.41, 5.74) is 1.37. The Balaban J connectivity index is 0.00000122. The van der Waals surface area contributed by atoms with Crippen LogP contribution in [0.5, 0.6) is 0 Å². The molecule has 0 bridgehead atoms. The van der Waals surface area contributed by atoms with E-state index in [9.17, 15) is 10.1 Å². The molecule has 1 aromatic rings. The summed E-state index contributed by atoms with van der Waals surface area (Å²) < 4.78 is 0. The fourth-order valence-electron chi connectivity index (χ4n) is 2.99. The van der Waals surface area contributed by atoms with Crippen molar-refractivity contribution in [1.82, 2.24) is 4.90 Å². The number of nitrogens with zero attached hydrogens (tertiary/aromatic N) is 2. The molecule has 0 unspecified atom stereocenters. The maximum Gasteiger partial charge on any atom is 0.414 e. The monoisotopic (exact) mass is 424 g/mol. The Labute approximate surface area is 179 Å². The first-order valence-corrected chi connectivity index (χ1v) is 10.7. The summed E-state index contributed by atoms with van der Waals surface area (Å²) in [6.45, 7) is 8.02. The SMILES string of the molecule is CCCCCCCCN(CC)CCCCc1ccc([N+](=O)[O-])cc1.O=C(O)C(=O)O. The highest BCUT2D eigenvalue weighted by molar-refractivity contribution is 6.27. The number of carboxylic acid groups (broad SMARTS) is 2. The molecule has 0 saturated carbocycles. The lowest BCUT2D eigenvalue weighted by atomic mass is 10.1. The van der Waals surface area contributed by atoms with Crippen LogP contribution in [0.2, 0.25) is 0 Å².